The highest BCUT2D eigenvalue weighted by Crippen LogP contribution is 2.11. The van der Waals surface area contributed by atoms with Gasteiger partial charge in [0.2, 0.25) is 5.91 Å². The number of amides is 1. The third-order valence-electron chi connectivity index (χ3n) is 3.35. The molecule has 1 unspecified atom stereocenters. The summed E-state index contributed by atoms with van der Waals surface area (Å²) in [5.41, 5.74) is 2.07. The molecule has 0 bridgehead atoms. The maximum Gasteiger partial charge on any atom is 0.241 e. The van der Waals surface area contributed by atoms with Crippen LogP contribution >= 0.6 is 0 Å². The van der Waals surface area contributed by atoms with Gasteiger partial charge in [-0.2, -0.15) is 0 Å². The number of benzene rings is 1. The van der Waals surface area contributed by atoms with Crippen LogP contribution in [0.5, 0.6) is 0 Å². The van der Waals surface area contributed by atoms with Crippen LogP contribution in [0.3, 0.4) is 0 Å². The van der Waals surface area contributed by atoms with Gasteiger partial charge in [0.15, 0.2) is 0 Å². The summed E-state index contributed by atoms with van der Waals surface area (Å²) >= 11 is 0. The average molecular weight is 264 g/mol. The minimum Gasteiger partial charge on any atom is -0.395 e. The number of carbonyl (C=O) groups is 1. The van der Waals surface area contributed by atoms with Crippen molar-refractivity contribution in [3.05, 3.63) is 29.8 Å². The zero-order chi connectivity index (χ0) is 14.3. The van der Waals surface area contributed by atoms with Crippen molar-refractivity contribution in [3.63, 3.8) is 0 Å². The summed E-state index contributed by atoms with van der Waals surface area (Å²) in [4.78, 5) is 14.0. The number of rotatable bonds is 7. The Hall–Kier alpha value is -1.39. The van der Waals surface area contributed by atoms with E-state index in [9.17, 15) is 4.79 Å². The molecule has 1 aromatic rings. The number of hydrogen-bond donors (Lipinski definition) is 2. The molecule has 0 aliphatic rings. The van der Waals surface area contributed by atoms with Crippen LogP contribution in [-0.2, 0) is 11.2 Å². The summed E-state index contributed by atoms with van der Waals surface area (Å²) in [6.07, 6.45) is 0.991. The first-order valence-corrected chi connectivity index (χ1v) is 6.87. The summed E-state index contributed by atoms with van der Waals surface area (Å²) in [5, 5.41) is 11.9. The lowest BCUT2D eigenvalue weighted by Crippen LogP contribution is -2.43. The first kappa shape index (κ1) is 15.7. The molecule has 0 aliphatic carbocycles. The Kier molecular flexibility index (Phi) is 6.53. The molecule has 2 N–H and O–H groups in total. The van der Waals surface area contributed by atoms with E-state index in [-0.39, 0.29) is 18.6 Å². The second kappa shape index (κ2) is 7.92. The number of anilines is 1. The van der Waals surface area contributed by atoms with Gasteiger partial charge in [0.25, 0.3) is 0 Å². The summed E-state index contributed by atoms with van der Waals surface area (Å²) < 4.78 is 0. The van der Waals surface area contributed by atoms with Crippen LogP contribution < -0.4 is 5.32 Å². The zero-order valence-corrected chi connectivity index (χ0v) is 12.0. The number of aliphatic hydroxyl groups excluding tert-OH is 1. The quantitative estimate of drug-likeness (QED) is 0.790. The van der Waals surface area contributed by atoms with Gasteiger partial charge in [-0.05, 0) is 37.6 Å². The SMILES string of the molecule is CCc1ccc(NC(=O)C(C)N(CC)CCO)cc1. The normalized spacial score (nSPS) is 12.5. The molecule has 0 radical (unpaired) electrons. The lowest BCUT2D eigenvalue weighted by Gasteiger charge is -2.26. The van der Waals surface area contributed by atoms with Crippen molar-refractivity contribution in [2.75, 3.05) is 25.0 Å². The predicted octanol–water partition coefficient (Wildman–Crippen LogP) is 1.89. The van der Waals surface area contributed by atoms with Crippen molar-refractivity contribution in [3.8, 4) is 0 Å². The molecule has 4 heteroatoms. The number of aryl methyl sites for hydroxylation is 1. The number of hydrogen-bond acceptors (Lipinski definition) is 3. The number of nitrogens with one attached hydrogen (secondary N) is 1. The molecule has 1 aromatic carbocycles. The molecule has 0 heterocycles. The molecular weight excluding hydrogens is 240 g/mol. The fourth-order valence-electron chi connectivity index (χ4n) is 1.99. The standard InChI is InChI=1S/C15H24N2O2/c1-4-13-6-8-14(9-7-13)16-15(19)12(3)17(5-2)10-11-18/h6-9,12,18H,4-5,10-11H2,1-3H3,(H,16,19). The van der Waals surface area contributed by atoms with Crippen molar-refractivity contribution in [1.82, 2.24) is 4.90 Å². The van der Waals surface area contributed by atoms with Crippen LogP contribution in [0.25, 0.3) is 0 Å². The van der Waals surface area contributed by atoms with Crippen LogP contribution in [0.15, 0.2) is 24.3 Å². The van der Waals surface area contributed by atoms with Gasteiger partial charge in [-0.1, -0.05) is 26.0 Å². The summed E-state index contributed by atoms with van der Waals surface area (Å²) in [6, 6.07) is 7.64. The number of carbonyl (C=O) groups excluding carboxylic acids is 1. The second-order valence-electron chi connectivity index (χ2n) is 4.57. The van der Waals surface area contributed by atoms with Gasteiger partial charge < -0.3 is 10.4 Å². The van der Waals surface area contributed by atoms with E-state index in [1.807, 2.05) is 43.0 Å². The Balaban J connectivity index is 2.61. The molecule has 4 nitrogen and oxygen atoms in total. The molecule has 106 valence electrons. The highest BCUT2D eigenvalue weighted by molar-refractivity contribution is 5.94. The van der Waals surface area contributed by atoms with E-state index >= 15 is 0 Å². The largest absolute Gasteiger partial charge is 0.395 e. The number of aliphatic hydroxyl groups is 1. The third-order valence-corrected chi connectivity index (χ3v) is 3.35. The van der Waals surface area contributed by atoms with E-state index in [4.69, 9.17) is 5.11 Å². The molecule has 0 saturated heterocycles. The van der Waals surface area contributed by atoms with Gasteiger partial charge in [0, 0.05) is 12.2 Å². The van der Waals surface area contributed by atoms with E-state index in [0.29, 0.717) is 6.54 Å². The van der Waals surface area contributed by atoms with Gasteiger partial charge in [0.1, 0.15) is 0 Å². The highest BCUT2D eigenvalue weighted by Gasteiger charge is 2.19. The molecule has 1 amide bonds. The molecule has 0 aromatic heterocycles. The highest BCUT2D eigenvalue weighted by atomic mass is 16.3. The molecule has 0 saturated carbocycles. The van der Waals surface area contributed by atoms with E-state index in [0.717, 1.165) is 18.7 Å². The fourth-order valence-corrected chi connectivity index (χ4v) is 1.99. The van der Waals surface area contributed by atoms with Crippen molar-refractivity contribution in [2.24, 2.45) is 0 Å². The zero-order valence-electron chi connectivity index (χ0n) is 12.0. The summed E-state index contributed by atoms with van der Waals surface area (Å²) in [5.74, 6) is -0.0421. The van der Waals surface area contributed by atoms with E-state index in [2.05, 4.69) is 12.2 Å². The topological polar surface area (TPSA) is 52.6 Å². The van der Waals surface area contributed by atoms with Crippen LogP contribution in [0.1, 0.15) is 26.3 Å². The molecule has 0 fully saturated rings. The Labute approximate surface area is 115 Å². The average Bonchev–Trinajstić information content (AvgIpc) is 2.44. The van der Waals surface area contributed by atoms with Crippen molar-refractivity contribution >= 4 is 11.6 Å². The Morgan fingerprint density at radius 2 is 1.95 bits per heavy atom. The van der Waals surface area contributed by atoms with Crippen molar-refractivity contribution < 1.29 is 9.90 Å². The van der Waals surface area contributed by atoms with E-state index in [1.165, 1.54) is 5.56 Å². The third kappa shape index (κ3) is 4.65. The Morgan fingerprint density at radius 1 is 1.32 bits per heavy atom. The van der Waals surface area contributed by atoms with Crippen molar-refractivity contribution in [2.45, 2.75) is 33.2 Å². The van der Waals surface area contributed by atoms with Gasteiger partial charge in [-0.25, -0.2) is 0 Å². The minimum atomic E-state index is -0.247. The molecule has 0 aliphatic heterocycles. The summed E-state index contributed by atoms with van der Waals surface area (Å²) in [7, 11) is 0. The Bertz CT molecular complexity index is 390. The van der Waals surface area contributed by atoms with Crippen LogP contribution in [0.4, 0.5) is 5.69 Å². The van der Waals surface area contributed by atoms with Crippen molar-refractivity contribution in [1.29, 1.82) is 0 Å². The first-order chi connectivity index (χ1) is 9.12. The fraction of sp³-hybridized carbons (Fsp3) is 0.533. The summed E-state index contributed by atoms with van der Waals surface area (Å²) in [6.45, 7) is 7.26. The van der Waals surface area contributed by atoms with Crippen LogP contribution in [-0.4, -0.2) is 41.7 Å². The molecule has 19 heavy (non-hydrogen) atoms. The second-order valence-corrected chi connectivity index (χ2v) is 4.57. The maximum atomic E-state index is 12.1. The lowest BCUT2D eigenvalue weighted by atomic mass is 10.1. The Morgan fingerprint density at radius 3 is 2.42 bits per heavy atom. The van der Waals surface area contributed by atoms with Gasteiger partial charge in [-0.3, -0.25) is 9.69 Å². The molecule has 1 atom stereocenters. The lowest BCUT2D eigenvalue weighted by molar-refractivity contribution is -0.120. The van der Waals surface area contributed by atoms with Crippen LogP contribution in [0, 0.1) is 0 Å². The maximum absolute atomic E-state index is 12.1. The monoisotopic (exact) mass is 264 g/mol. The van der Waals surface area contributed by atoms with Gasteiger partial charge in [-0.15, -0.1) is 0 Å². The molecule has 1 rings (SSSR count). The number of likely N-dealkylation sites (N-methyl/N-ethyl adjacent to an activating group) is 1. The minimum absolute atomic E-state index is 0.0421. The molecule has 0 spiro atoms. The smallest absolute Gasteiger partial charge is 0.241 e. The number of nitrogens with zero attached hydrogens (tertiary/aromatic N) is 1. The first-order valence-electron chi connectivity index (χ1n) is 6.87. The predicted molar refractivity (Wildman–Crippen MR) is 78.2 cm³/mol. The van der Waals surface area contributed by atoms with Gasteiger partial charge in [0.05, 0.1) is 12.6 Å². The van der Waals surface area contributed by atoms with E-state index in [1.54, 1.807) is 0 Å². The van der Waals surface area contributed by atoms with Crippen LogP contribution in [0.2, 0.25) is 0 Å². The van der Waals surface area contributed by atoms with Gasteiger partial charge >= 0.3 is 0 Å². The molecular formula is C15H24N2O2. The van der Waals surface area contributed by atoms with E-state index < -0.39 is 0 Å².